The molecule has 0 saturated heterocycles. The third-order valence-corrected chi connectivity index (χ3v) is 2.49. The number of rotatable bonds is 5. The quantitative estimate of drug-likeness (QED) is 0.873. The number of ether oxygens (including phenoxy) is 2. The Balaban J connectivity index is 2.35. The maximum Gasteiger partial charge on any atom is 0.303 e. The van der Waals surface area contributed by atoms with Crippen molar-refractivity contribution in [2.24, 2.45) is 0 Å². The first-order chi connectivity index (χ1) is 8.63. The van der Waals surface area contributed by atoms with Crippen LogP contribution in [0.4, 0.5) is 0 Å². The first kappa shape index (κ1) is 12.2. The molecule has 2 rings (SSSR count). The molecule has 1 N–H and O–H groups in total. The molecule has 0 unspecified atom stereocenters. The summed E-state index contributed by atoms with van der Waals surface area (Å²) in [4.78, 5) is 14.7. The van der Waals surface area contributed by atoms with Crippen LogP contribution in [0.25, 0.3) is 11.1 Å². The Labute approximate surface area is 103 Å². The molecule has 1 aromatic heterocycles. The van der Waals surface area contributed by atoms with Gasteiger partial charge in [-0.1, -0.05) is 0 Å². The fourth-order valence-corrected chi connectivity index (χ4v) is 1.62. The lowest BCUT2D eigenvalue weighted by atomic mass is 10.3. The van der Waals surface area contributed by atoms with Gasteiger partial charge in [0.05, 0.1) is 20.6 Å². The zero-order chi connectivity index (χ0) is 13.1. The molecule has 6 nitrogen and oxygen atoms in total. The molecule has 0 saturated carbocycles. The van der Waals surface area contributed by atoms with Crippen molar-refractivity contribution in [1.82, 2.24) is 4.98 Å². The van der Waals surface area contributed by atoms with Gasteiger partial charge >= 0.3 is 5.97 Å². The summed E-state index contributed by atoms with van der Waals surface area (Å²) in [5.74, 6) is 0.615. The summed E-state index contributed by atoms with van der Waals surface area (Å²) >= 11 is 0. The third kappa shape index (κ3) is 2.37. The van der Waals surface area contributed by atoms with Crippen LogP contribution in [0.1, 0.15) is 12.3 Å². The monoisotopic (exact) mass is 251 g/mol. The second-order valence-electron chi connectivity index (χ2n) is 3.68. The van der Waals surface area contributed by atoms with Gasteiger partial charge in [0.25, 0.3) is 0 Å². The zero-order valence-electron chi connectivity index (χ0n) is 10.1. The number of benzene rings is 1. The minimum absolute atomic E-state index is 0.0128. The first-order valence-electron chi connectivity index (χ1n) is 5.37. The minimum Gasteiger partial charge on any atom is -0.493 e. The Morgan fingerprint density at radius 1 is 1.33 bits per heavy atom. The summed E-state index contributed by atoms with van der Waals surface area (Å²) in [6, 6.07) is 3.37. The van der Waals surface area contributed by atoms with Crippen LogP contribution in [0.5, 0.6) is 11.5 Å². The largest absolute Gasteiger partial charge is 0.493 e. The lowest BCUT2D eigenvalue weighted by Gasteiger charge is -2.05. The molecule has 1 heterocycles. The number of hydrogen-bond acceptors (Lipinski definition) is 5. The average molecular weight is 251 g/mol. The van der Waals surface area contributed by atoms with Crippen molar-refractivity contribution in [3.05, 3.63) is 18.0 Å². The van der Waals surface area contributed by atoms with E-state index in [-0.39, 0.29) is 12.8 Å². The number of hydrogen-bond donors (Lipinski definition) is 1. The highest BCUT2D eigenvalue weighted by Gasteiger charge is 2.12. The van der Waals surface area contributed by atoms with E-state index in [2.05, 4.69) is 4.98 Å². The van der Waals surface area contributed by atoms with Crippen molar-refractivity contribution in [3.8, 4) is 11.5 Å². The molecule has 0 fully saturated rings. The number of aromatic nitrogens is 1. The van der Waals surface area contributed by atoms with E-state index in [1.807, 2.05) is 0 Å². The number of aliphatic carboxylic acids is 1. The van der Waals surface area contributed by atoms with Crippen LogP contribution in [0.2, 0.25) is 0 Å². The normalized spacial score (nSPS) is 10.6. The number of methoxy groups -OCH3 is 2. The smallest absolute Gasteiger partial charge is 0.303 e. The van der Waals surface area contributed by atoms with E-state index in [1.165, 1.54) is 14.2 Å². The van der Waals surface area contributed by atoms with Crippen LogP contribution >= 0.6 is 0 Å². The second kappa shape index (κ2) is 4.95. The van der Waals surface area contributed by atoms with Crippen molar-refractivity contribution in [2.45, 2.75) is 12.8 Å². The van der Waals surface area contributed by atoms with Crippen LogP contribution in [-0.2, 0) is 11.2 Å². The Bertz CT molecular complexity index is 534. The maximum absolute atomic E-state index is 10.5. The van der Waals surface area contributed by atoms with Gasteiger partial charge < -0.3 is 19.0 Å². The Hall–Kier alpha value is -2.24. The van der Waals surface area contributed by atoms with Gasteiger partial charge in [0.2, 0.25) is 0 Å². The van der Waals surface area contributed by atoms with Crippen molar-refractivity contribution >= 4 is 17.1 Å². The molecule has 0 bridgehead atoms. The van der Waals surface area contributed by atoms with Gasteiger partial charge in [0.1, 0.15) is 5.52 Å². The number of fused-ring (bicyclic) bond motifs is 1. The highest BCUT2D eigenvalue weighted by Crippen LogP contribution is 2.32. The third-order valence-electron chi connectivity index (χ3n) is 2.49. The van der Waals surface area contributed by atoms with E-state index < -0.39 is 5.97 Å². The molecule has 0 aliphatic carbocycles. The molecule has 0 spiro atoms. The minimum atomic E-state index is -0.882. The van der Waals surface area contributed by atoms with Crippen molar-refractivity contribution in [3.63, 3.8) is 0 Å². The molecular formula is C12H13NO5. The van der Waals surface area contributed by atoms with Crippen LogP contribution in [0.3, 0.4) is 0 Å². The van der Waals surface area contributed by atoms with E-state index in [9.17, 15) is 4.79 Å². The molecule has 0 aliphatic rings. The van der Waals surface area contributed by atoms with E-state index in [1.54, 1.807) is 12.1 Å². The van der Waals surface area contributed by atoms with Gasteiger partial charge in [-0.25, -0.2) is 4.98 Å². The van der Waals surface area contributed by atoms with Gasteiger partial charge in [0, 0.05) is 18.6 Å². The van der Waals surface area contributed by atoms with Gasteiger partial charge in [-0.2, -0.15) is 0 Å². The predicted molar refractivity (Wildman–Crippen MR) is 63.1 cm³/mol. The fourth-order valence-electron chi connectivity index (χ4n) is 1.62. The highest BCUT2D eigenvalue weighted by atomic mass is 16.5. The van der Waals surface area contributed by atoms with E-state index >= 15 is 0 Å². The van der Waals surface area contributed by atoms with Crippen molar-refractivity contribution < 1.29 is 23.8 Å². The summed E-state index contributed by atoms with van der Waals surface area (Å²) in [6.07, 6.45) is 0.246. The molecule has 2 aromatic rings. The van der Waals surface area contributed by atoms with E-state index in [0.29, 0.717) is 28.5 Å². The summed E-state index contributed by atoms with van der Waals surface area (Å²) in [5, 5.41) is 8.60. The Morgan fingerprint density at radius 3 is 2.61 bits per heavy atom. The molecular weight excluding hydrogens is 238 g/mol. The zero-order valence-corrected chi connectivity index (χ0v) is 10.1. The molecule has 1 aromatic carbocycles. The van der Waals surface area contributed by atoms with Crippen LogP contribution in [0.15, 0.2) is 16.5 Å². The Morgan fingerprint density at radius 2 is 2.00 bits per heavy atom. The predicted octanol–water partition coefficient (Wildman–Crippen LogP) is 1.86. The topological polar surface area (TPSA) is 81.8 Å². The van der Waals surface area contributed by atoms with Gasteiger partial charge in [-0.15, -0.1) is 0 Å². The number of nitrogens with zero attached hydrogens (tertiary/aromatic N) is 1. The second-order valence-corrected chi connectivity index (χ2v) is 3.68. The van der Waals surface area contributed by atoms with Gasteiger partial charge in [-0.05, 0) is 0 Å². The lowest BCUT2D eigenvalue weighted by Crippen LogP contribution is -1.97. The number of carboxylic acids is 1. The molecule has 18 heavy (non-hydrogen) atoms. The van der Waals surface area contributed by atoms with Crippen LogP contribution in [0, 0.1) is 0 Å². The average Bonchev–Trinajstić information content (AvgIpc) is 2.76. The molecule has 96 valence electrons. The standard InChI is InChI=1S/C12H13NO5/c1-16-9-5-7-8(6-10(9)17-2)18-11(13-7)3-4-12(14)15/h5-6H,3-4H2,1-2H3,(H,14,15). The lowest BCUT2D eigenvalue weighted by molar-refractivity contribution is -0.137. The maximum atomic E-state index is 10.5. The number of carboxylic acid groups (broad SMARTS) is 1. The van der Waals surface area contributed by atoms with Crippen LogP contribution in [-0.4, -0.2) is 30.3 Å². The van der Waals surface area contributed by atoms with Gasteiger partial charge in [-0.3, -0.25) is 4.79 Å². The van der Waals surface area contributed by atoms with Gasteiger partial charge in [0.15, 0.2) is 23.0 Å². The molecule has 6 heteroatoms. The van der Waals surface area contributed by atoms with E-state index in [0.717, 1.165) is 0 Å². The summed E-state index contributed by atoms with van der Waals surface area (Å²) < 4.78 is 15.7. The Kier molecular flexibility index (Phi) is 3.36. The SMILES string of the molecule is COc1cc2nc(CCC(=O)O)oc2cc1OC. The molecule has 0 atom stereocenters. The summed E-state index contributed by atoms with van der Waals surface area (Å²) in [7, 11) is 3.07. The van der Waals surface area contributed by atoms with Crippen molar-refractivity contribution in [1.29, 1.82) is 0 Å². The molecule has 0 aliphatic heterocycles. The fraction of sp³-hybridized carbons (Fsp3) is 0.333. The number of carbonyl (C=O) groups is 1. The number of oxazole rings is 1. The van der Waals surface area contributed by atoms with Crippen molar-refractivity contribution in [2.75, 3.05) is 14.2 Å². The highest BCUT2D eigenvalue weighted by molar-refractivity contribution is 5.77. The first-order valence-corrected chi connectivity index (χ1v) is 5.37. The summed E-state index contributed by atoms with van der Waals surface area (Å²) in [5.41, 5.74) is 1.17. The number of aryl methyl sites for hydroxylation is 1. The van der Waals surface area contributed by atoms with E-state index in [4.69, 9.17) is 19.0 Å². The molecule has 0 amide bonds. The van der Waals surface area contributed by atoms with Crippen LogP contribution < -0.4 is 9.47 Å². The molecule has 0 radical (unpaired) electrons. The summed E-state index contributed by atoms with van der Waals surface area (Å²) in [6.45, 7) is 0.